The summed E-state index contributed by atoms with van der Waals surface area (Å²) in [5.41, 5.74) is 4.05. The number of allylic oxidation sites excluding steroid dienone is 1. The van der Waals surface area contributed by atoms with Gasteiger partial charge in [0.1, 0.15) is 6.10 Å². The van der Waals surface area contributed by atoms with Crippen LogP contribution in [-0.4, -0.2) is 12.1 Å². The number of hydrogen-bond acceptors (Lipinski definition) is 2. The second-order valence-corrected chi connectivity index (χ2v) is 16.9. The minimum absolute atomic E-state index is 0.0185. The van der Waals surface area contributed by atoms with Crippen LogP contribution >= 0.6 is 0 Å². The van der Waals surface area contributed by atoms with Crippen LogP contribution in [0.4, 0.5) is 0 Å². The first-order chi connectivity index (χ1) is 19.3. The third kappa shape index (κ3) is 4.27. The van der Waals surface area contributed by atoms with Gasteiger partial charge in [-0.15, -0.1) is 0 Å². The number of hydrogen-bond donors (Lipinski definition) is 0. The first kappa shape index (κ1) is 29.3. The third-order valence-corrected chi connectivity index (χ3v) is 14.9. The molecular weight excluding hydrogens is 500 g/mol. The SMILES string of the molecule is C=C(C)[C@@H]1CC[C@]2(C)CC[C@@]3(C)[C@H](CC[C@@H]4[C@@]5(C)CC[C@@H](OC(=O)C=Cc6ccccc6)C(C)(C)[C@@H]5CC[C@@]43C)[C@H]12. The van der Waals surface area contributed by atoms with Gasteiger partial charge in [-0.2, -0.15) is 0 Å². The Hall–Kier alpha value is -1.83. The molecule has 5 saturated carbocycles. The monoisotopic (exact) mass is 556 g/mol. The van der Waals surface area contributed by atoms with E-state index in [1.54, 1.807) is 6.08 Å². The number of carbonyl (C=O) groups excluding carboxylic acids is 1. The quantitative estimate of drug-likeness (QED) is 0.209. The molecule has 224 valence electrons. The molecule has 0 unspecified atom stereocenters. The maximum atomic E-state index is 13.0. The summed E-state index contributed by atoms with van der Waals surface area (Å²) >= 11 is 0. The largest absolute Gasteiger partial charge is 0.459 e. The number of rotatable bonds is 4. The zero-order chi connectivity index (χ0) is 29.4. The summed E-state index contributed by atoms with van der Waals surface area (Å²) in [6.45, 7) is 22.4. The van der Waals surface area contributed by atoms with E-state index < -0.39 is 0 Å². The molecule has 10 atom stereocenters. The second kappa shape index (κ2) is 9.85. The molecule has 1 aromatic rings. The highest BCUT2D eigenvalue weighted by Gasteiger charge is 2.70. The molecule has 5 aliphatic rings. The molecule has 0 bridgehead atoms. The van der Waals surface area contributed by atoms with E-state index in [-0.39, 0.29) is 17.5 Å². The zero-order valence-corrected chi connectivity index (χ0v) is 27.1. The molecule has 0 N–H and O–H groups in total. The van der Waals surface area contributed by atoms with Gasteiger partial charge in [0, 0.05) is 11.5 Å². The molecule has 41 heavy (non-hydrogen) atoms. The predicted octanol–water partition coefficient (Wildman–Crippen LogP) is 10.3. The molecule has 0 aromatic heterocycles. The Kier molecular flexibility index (Phi) is 7.03. The van der Waals surface area contributed by atoms with Crippen molar-refractivity contribution in [2.45, 2.75) is 119 Å². The fourth-order valence-corrected chi connectivity index (χ4v) is 12.6. The van der Waals surface area contributed by atoms with Crippen molar-refractivity contribution >= 4 is 12.0 Å². The van der Waals surface area contributed by atoms with E-state index >= 15 is 0 Å². The van der Waals surface area contributed by atoms with Gasteiger partial charge in [0.2, 0.25) is 0 Å². The lowest BCUT2D eigenvalue weighted by Crippen LogP contribution is -2.66. The average Bonchev–Trinajstić information content (AvgIpc) is 3.28. The van der Waals surface area contributed by atoms with Crippen molar-refractivity contribution < 1.29 is 9.53 Å². The number of carbonyl (C=O) groups is 1. The van der Waals surface area contributed by atoms with Gasteiger partial charge in [0.15, 0.2) is 0 Å². The van der Waals surface area contributed by atoms with Crippen LogP contribution in [0.3, 0.4) is 0 Å². The normalized spacial score (nSPS) is 46.6. The lowest BCUT2D eigenvalue weighted by Gasteiger charge is -2.73. The minimum atomic E-state index is -0.196. The van der Waals surface area contributed by atoms with E-state index in [2.05, 4.69) is 55.0 Å². The van der Waals surface area contributed by atoms with Crippen molar-refractivity contribution in [2.75, 3.05) is 0 Å². The van der Waals surface area contributed by atoms with Crippen molar-refractivity contribution in [2.24, 2.45) is 56.7 Å². The predicted molar refractivity (Wildman–Crippen MR) is 170 cm³/mol. The van der Waals surface area contributed by atoms with Gasteiger partial charge < -0.3 is 4.74 Å². The molecule has 0 heterocycles. The van der Waals surface area contributed by atoms with Gasteiger partial charge in [-0.1, -0.05) is 84.0 Å². The van der Waals surface area contributed by atoms with Crippen molar-refractivity contribution in [1.29, 1.82) is 0 Å². The molecule has 0 saturated heterocycles. The number of ether oxygens (including phenoxy) is 1. The van der Waals surface area contributed by atoms with Gasteiger partial charge in [-0.05, 0) is 134 Å². The van der Waals surface area contributed by atoms with Crippen LogP contribution in [0.15, 0.2) is 48.6 Å². The Bertz CT molecular complexity index is 1210. The summed E-state index contributed by atoms with van der Waals surface area (Å²) in [5.74, 6) is 3.50. The molecule has 1 aromatic carbocycles. The fraction of sp³-hybridized carbons (Fsp3) is 0.718. The van der Waals surface area contributed by atoms with E-state index in [4.69, 9.17) is 4.74 Å². The molecule has 2 nitrogen and oxygen atoms in total. The first-order valence-electron chi connectivity index (χ1n) is 16.9. The highest BCUT2D eigenvalue weighted by Crippen LogP contribution is 2.77. The number of fused-ring (bicyclic) bond motifs is 7. The highest BCUT2D eigenvalue weighted by atomic mass is 16.5. The fourth-order valence-electron chi connectivity index (χ4n) is 12.6. The topological polar surface area (TPSA) is 26.3 Å². The molecule has 6 rings (SSSR count). The maximum Gasteiger partial charge on any atom is 0.331 e. The van der Waals surface area contributed by atoms with Crippen molar-refractivity contribution in [3.8, 4) is 0 Å². The van der Waals surface area contributed by atoms with Gasteiger partial charge in [0.05, 0.1) is 0 Å². The van der Waals surface area contributed by atoms with E-state index in [9.17, 15) is 4.79 Å². The summed E-state index contributed by atoms with van der Waals surface area (Å²) in [7, 11) is 0. The molecule has 0 spiro atoms. The first-order valence-corrected chi connectivity index (χ1v) is 16.9. The second-order valence-electron chi connectivity index (χ2n) is 16.9. The summed E-state index contributed by atoms with van der Waals surface area (Å²) in [6.07, 6.45) is 16.6. The molecule has 0 radical (unpaired) electrons. The smallest absolute Gasteiger partial charge is 0.331 e. The van der Waals surface area contributed by atoms with Crippen LogP contribution in [0, 0.1) is 56.7 Å². The Morgan fingerprint density at radius 1 is 0.829 bits per heavy atom. The van der Waals surface area contributed by atoms with Crippen molar-refractivity contribution in [3.63, 3.8) is 0 Å². The van der Waals surface area contributed by atoms with Crippen LogP contribution < -0.4 is 0 Å². The Morgan fingerprint density at radius 3 is 2.27 bits per heavy atom. The van der Waals surface area contributed by atoms with E-state index in [0.29, 0.717) is 27.6 Å². The third-order valence-electron chi connectivity index (χ3n) is 14.9. The maximum absolute atomic E-state index is 13.0. The van der Waals surface area contributed by atoms with Crippen molar-refractivity contribution in [3.05, 3.63) is 54.1 Å². The van der Waals surface area contributed by atoms with Gasteiger partial charge >= 0.3 is 5.97 Å². The van der Waals surface area contributed by atoms with E-state index in [0.717, 1.165) is 35.7 Å². The van der Waals surface area contributed by atoms with Gasteiger partial charge in [-0.3, -0.25) is 0 Å². The average molecular weight is 557 g/mol. The Labute approximate surface area is 250 Å². The molecule has 5 fully saturated rings. The van der Waals surface area contributed by atoms with Crippen LogP contribution in [0.25, 0.3) is 6.08 Å². The lowest BCUT2D eigenvalue weighted by atomic mass is 9.32. The minimum Gasteiger partial charge on any atom is -0.459 e. The molecule has 2 heteroatoms. The van der Waals surface area contributed by atoms with Gasteiger partial charge in [0.25, 0.3) is 0 Å². The standard InChI is InChI=1S/C39H56O2/c1-26(2)28-18-21-36(5)24-25-38(7)29(34(28)36)15-16-31-37(6)22-20-32(35(3,4)30(37)19-23-39(31,38)8)41-33(40)17-14-27-12-10-9-11-13-27/h9-14,17,28-32,34H,1,15-16,18-25H2,2-8H3/t28-,29+,30-,31+,32+,34-,36+,37-,38-,39-/m0/s1. The molecule has 0 aliphatic heterocycles. The molecular formula is C39H56O2. The summed E-state index contributed by atoms with van der Waals surface area (Å²) in [6, 6.07) is 10.0. The lowest BCUT2D eigenvalue weighted by molar-refractivity contribution is -0.248. The number of esters is 1. The zero-order valence-electron chi connectivity index (χ0n) is 27.1. The van der Waals surface area contributed by atoms with Crippen molar-refractivity contribution in [1.82, 2.24) is 0 Å². The summed E-state index contributed by atoms with van der Waals surface area (Å²) in [5, 5.41) is 0. The van der Waals surface area contributed by atoms with E-state index in [1.165, 1.54) is 63.4 Å². The summed E-state index contributed by atoms with van der Waals surface area (Å²) < 4.78 is 6.25. The molecule has 0 amide bonds. The van der Waals surface area contributed by atoms with Crippen LogP contribution in [0.1, 0.15) is 118 Å². The van der Waals surface area contributed by atoms with Crippen LogP contribution in [0.5, 0.6) is 0 Å². The molecule has 5 aliphatic carbocycles. The number of benzene rings is 1. The summed E-state index contributed by atoms with van der Waals surface area (Å²) in [4.78, 5) is 13.0. The van der Waals surface area contributed by atoms with Gasteiger partial charge in [-0.25, -0.2) is 4.79 Å². The van der Waals surface area contributed by atoms with Crippen LogP contribution in [0.2, 0.25) is 0 Å². The Morgan fingerprint density at radius 2 is 1.56 bits per heavy atom. The van der Waals surface area contributed by atoms with Crippen LogP contribution in [-0.2, 0) is 9.53 Å². The van der Waals surface area contributed by atoms with E-state index in [1.807, 2.05) is 36.4 Å². The highest BCUT2D eigenvalue weighted by molar-refractivity contribution is 5.87. The Balaban J connectivity index is 1.24.